The second kappa shape index (κ2) is 5.53. The van der Waals surface area contributed by atoms with E-state index < -0.39 is 0 Å². The van der Waals surface area contributed by atoms with Crippen molar-refractivity contribution in [2.45, 2.75) is 45.4 Å². The Morgan fingerprint density at radius 3 is 2.09 bits per heavy atom. The molecule has 2 heterocycles. The molecule has 6 heteroatoms. The standard InChI is InChI=1S/C17H25BN2O3/c1-16(2)17(3,4)23-18(22-16)14-8-6-13(7-9-14)12-20-11-10-19(5)15(20)21/h6-9H,10-12H2,1-5H3. The molecule has 0 atom stereocenters. The molecule has 2 aliphatic heterocycles. The maximum atomic E-state index is 11.9. The number of hydrogen-bond acceptors (Lipinski definition) is 3. The molecule has 0 N–H and O–H groups in total. The lowest BCUT2D eigenvalue weighted by Crippen LogP contribution is -2.41. The highest BCUT2D eigenvalue weighted by molar-refractivity contribution is 6.62. The third-order valence-corrected chi connectivity index (χ3v) is 5.18. The molecule has 0 aliphatic carbocycles. The van der Waals surface area contributed by atoms with Crippen LogP contribution >= 0.6 is 0 Å². The van der Waals surface area contributed by atoms with Crippen LogP contribution in [-0.4, -0.2) is 54.3 Å². The summed E-state index contributed by atoms with van der Waals surface area (Å²) in [7, 11) is 1.50. The van der Waals surface area contributed by atoms with Crippen LogP contribution in [0.2, 0.25) is 0 Å². The maximum Gasteiger partial charge on any atom is 0.494 e. The summed E-state index contributed by atoms with van der Waals surface area (Å²) >= 11 is 0. The summed E-state index contributed by atoms with van der Waals surface area (Å²) in [6.45, 7) is 10.4. The van der Waals surface area contributed by atoms with Crippen molar-refractivity contribution in [1.82, 2.24) is 9.80 Å². The van der Waals surface area contributed by atoms with Gasteiger partial charge in [0.05, 0.1) is 11.2 Å². The Balaban J connectivity index is 1.68. The third kappa shape index (κ3) is 2.97. The fraction of sp³-hybridized carbons (Fsp3) is 0.588. The highest BCUT2D eigenvalue weighted by Crippen LogP contribution is 2.36. The molecular formula is C17H25BN2O3. The highest BCUT2D eigenvalue weighted by Gasteiger charge is 2.51. The first kappa shape index (κ1) is 16.3. The van der Waals surface area contributed by atoms with Gasteiger partial charge in [0.25, 0.3) is 0 Å². The zero-order chi connectivity index (χ0) is 16.8. The molecule has 0 spiro atoms. The van der Waals surface area contributed by atoms with Crippen LogP contribution < -0.4 is 5.46 Å². The first-order valence-corrected chi connectivity index (χ1v) is 8.14. The van der Waals surface area contributed by atoms with Gasteiger partial charge in [-0.15, -0.1) is 0 Å². The average molecular weight is 316 g/mol. The van der Waals surface area contributed by atoms with E-state index in [-0.39, 0.29) is 24.4 Å². The minimum atomic E-state index is -0.339. The number of urea groups is 1. The Morgan fingerprint density at radius 2 is 1.61 bits per heavy atom. The van der Waals surface area contributed by atoms with Crippen LogP contribution in [0.3, 0.4) is 0 Å². The van der Waals surface area contributed by atoms with Crippen molar-refractivity contribution < 1.29 is 14.1 Å². The van der Waals surface area contributed by atoms with Gasteiger partial charge in [-0.25, -0.2) is 4.79 Å². The van der Waals surface area contributed by atoms with Crippen molar-refractivity contribution in [2.75, 3.05) is 20.1 Å². The second-order valence-corrected chi connectivity index (χ2v) is 7.46. The van der Waals surface area contributed by atoms with E-state index in [2.05, 4.69) is 27.7 Å². The summed E-state index contributed by atoms with van der Waals surface area (Å²) < 4.78 is 12.1. The van der Waals surface area contributed by atoms with E-state index in [0.29, 0.717) is 6.54 Å². The number of carbonyl (C=O) groups is 1. The highest BCUT2D eigenvalue weighted by atomic mass is 16.7. The van der Waals surface area contributed by atoms with Crippen LogP contribution in [0.4, 0.5) is 4.79 Å². The smallest absolute Gasteiger partial charge is 0.399 e. The summed E-state index contributed by atoms with van der Waals surface area (Å²) in [5, 5.41) is 0. The predicted molar refractivity (Wildman–Crippen MR) is 90.6 cm³/mol. The van der Waals surface area contributed by atoms with Gasteiger partial charge in [-0.2, -0.15) is 0 Å². The summed E-state index contributed by atoms with van der Waals surface area (Å²) in [6, 6.07) is 8.25. The van der Waals surface area contributed by atoms with Crippen LogP contribution in [0.1, 0.15) is 33.3 Å². The molecule has 3 rings (SSSR count). The Bertz CT molecular complexity index is 584. The number of benzene rings is 1. The van der Waals surface area contributed by atoms with Gasteiger partial charge in [-0.05, 0) is 38.7 Å². The first-order valence-electron chi connectivity index (χ1n) is 8.14. The van der Waals surface area contributed by atoms with Gasteiger partial charge < -0.3 is 19.1 Å². The Morgan fingerprint density at radius 1 is 1.04 bits per heavy atom. The molecule has 2 saturated heterocycles. The Hall–Kier alpha value is -1.53. The van der Waals surface area contributed by atoms with E-state index in [1.807, 2.05) is 36.2 Å². The normalized spacial score (nSPS) is 23.0. The molecule has 0 unspecified atom stereocenters. The zero-order valence-corrected chi connectivity index (χ0v) is 14.6. The quantitative estimate of drug-likeness (QED) is 0.799. The molecule has 2 aliphatic rings. The van der Waals surface area contributed by atoms with Crippen molar-refractivity contribution in [2.24, 2.45) is 0 Å². The SMILES string of the molecule is CN1CCN(Cc2ccc(B3OC(C)(C)C(C)(C)O3)cc2)C1=O. The van der Waals surface area contributed by atoms with Crippen molar-refractivity contribution in [3.8, 4) is 0 Å². The zero-order valence-electron chi connectivity index (χ0n) is 14.6. The molecule has 5 nitrogen and oxygen atoms in total. The summed E-state index contributed by atoms with van der Waals surface area (Å²) in [5.74, 6) is 0. The molecule has 124 valence electrons. The molecule has 23 heavy (non-hydrogen) atoms. The number of amides is 2. The molecular weight excluding hydrogens is 291 g/mol. The number of nitrogens with zero attached hydrogens (tertiary/aromatic N) is 2. The van der Waals surface area contributed by atoms with Crippen molar-refractivity contribution in [3.63, 3.8) is 0 Å². The lowest BCUT2D eigenvalue weighted by atomic mass is 9.79. The number of carbonyl (C=O) groups excluding carboxylic acids is 1. The molecule has 1 aromatic rings. The molecule has 0 saturated carbocycles. The van der Waals surface area contributed by atoms with Gasteiger partial charge in [0.2, 0.25) is 0 Å². The van der Waals surface area contributed by atoms with Crippen LogP contribution in [0.5, 0.6) is 0 Å². The van der Waals surface area contributed by atoms with Crippen molar-refractivity contribution >= 4 is 18.6 Å². The second-order valence-electron chi connectivity index (χ2n) is 7.46. The minimum absolute atomic E-state index is 0.0973. The molecule has 0 radical (unpaired) electrons. The molecule has 2 amide bonds. The molecule has 0 bridgehead atoms. The largest absolute Gasteiger partial charge is 0.494 e. The summed E-state index contributed by atoms with van der Waals surface area (Å²) in [4.78, 5) is 15.6. The molecule has 2 fully saturated rings. The summed E-state index contributed by atoms with van der Waals surface area (Å²) in [6.07, 6.45) is 0. The number of rotatable bonds is 3. The van der Waals surface area contributed by atoms with Gasteiger partial charge in [0, 0.05) is 26.7 Å². The topological polar surface area (TPSA) is 42.0 Å². The van der Waals surface area contributed by atoms with Crippen LogP contribution in [-0.2, 0) is 15.9 Å². The van der Waals surface area contributed by atoms with E-state index in [4.69, 9.17) is 9.31 Å². The van der Waals surface area contributed by atoms with E-state index in [1.54, 1.807) is 4.90 Å². The van der Waals surface area contributed by atoms with Gasteiger partial charge in [-0.3, -0.25) is 0 Å². The van der Waals surface area contributed by atoms with Crippen LogP contribution in [0.25, 0.3) is 0 Å². The van der Waals surface area contributed by atoms with E-state index in [9.17, 15) is 4.79 Å². The van der Waals surface area contributed by atoms with Crippen LogP contribution in [0.15, 0.2) is 24.3 Å². The fourth-order valence-electron chi connectivity index (χ4n) is 2.83. The Kier molecular flexibility index (Phi) is 3.93. The minimum Gasteiger partial charge on any atom is -0.399 e. The van der Waals surface area contributed by atoms with Gasteiger partial charge >= 0.3 is 13.1 Å². The molecule has 0 aromatic heterocycles. The van der Waals surface area contributed by atoms with Gasteiger partial charge in [0.1, 0.15) is 0 Å². The Labute approximate surface area is 138 Å². The van der Waals surface area contributed by atoms with E-state index in [1.165, 1.54) is 0 Å². The van der Waals surface area contributed by atoms with Crippen molar-refractivity contribution in [1.29, 1.82) is 0 Å². The van der Waals surface area contributed by atoms with Gasteiger partial charge in [0.15, 0.2) is 0 Å². The molecule has 1 aromatic carbocycles. The van der Waals surface area contributed by atoms with E-state index in [0.717, 1.165) is 24.1 Å². The average Bonchev–Trinajstić information content (AvgIpc) is 2.89. The fourth-order valence-corrected chi connectivity index (χ4v) is 2.83. The monoisotopic (exact) mass is 316 g/mol. The lowest BCUT2D eigenvalue weighted by Gasteiger charge is -2.32. The summed E-state index contributed by atoms with van der Waals surface area (Å²) in [5.41, 5.74) is 1.47. The number of likely N-dealkylation sites (N-methyl/N-ethyl adjacent to an activating group) is 1. The maximum absolute atomic E-state index is 11.9. The third-order valence-electron chi connectivity index (χ3n) is 5.18. The number of hydrogen-bond donors (Lipinski definition) is 0. The first-order chi connectivity index (χ1) is 10.7. The van der Waals surface area contributed by atoms with Gasteiger partial charge in [-0.1, -0.05) is 24.3 Å². The van der Waals surface area contributed by atoms with Crippen molar-refractivity contribution in [3.05, 3.63) is 29.8 Å². The van der Waals surface area contributed by atoms with E-state index >= 15 is 0 Å². The lowest BCUT2D eigenvalue weighted by molar-refractivity contribution is 0.00578. The predicted octanol–water partition coefficient (Wildman–Crippen LogP) is 1.85. The van der Waals surface area contributed by atoms with Crippen LogP contribution in [0, 0.1) is 0 Å².